The van der Waals surface area contributed by atoms with Gasteiger partial charge in [-0.3, -0.25) is 5.43 Å². The monoisotopic (exact) mass is 357 g/mol. The first kappa shape index (κ1) is 18.7. The van der Waals surface area contributed by atoms with Gasteiger partial charge < -0.3 is 14.8 Å². The molecule has 0 spiro atoms. The van der Waals surface area contributed by atoms with E-state index < -0.39 is 0 Å². The molecule has 0 atom stereocenters. The number of thiocarbonyl (C=S) groups is 1. The highest BCUT2D eigenvalue weighted by Crippen LogP contribution is 2.30. The molecule has 0 aliphatic carbocycles. The lowest BCUT2D eigenvalue weighted by molar-refractivity contribution is 0.284. The number of hydrogen-bond donors (Lipinski definition) is 2. The smallest absolute Gasteiger partial charge is 0.186 e. The Hall–Kier alpha value is -2.60. The van der Waals surface area contributed by atoms with Gasteiger partial charge in [0.1, 0.15) is 6.61 Å². The number of nitrogens with one attached hydrogen (secondary N) is 2. The van der Waals surface area contributed by atoms with Crippen LogP contribution < -0.4 is 20.2 Å². The van der Waals surface area contributed by atoms with E-state index in [1.165, 1.54) is 5.56 Å². The van der Waals surface area contributed by atoms with Crippen molar-refractivity contribution in [2.45, 2.75) is 20.5 Å². The minimum absolute atomic E-state index is 0.451. The van der Waals surface area contributed by atoms with E-state index in [1.807, 2.05) is 37.3 Å². The fourth-order valence-corrected chi connectivity index (χ4v) is 2.46. The SMILES string of the molecule is CCNC(=S)NN=Cc1cccc(OC)c1OCc1cccc(C)c1. The van der Waals surface area contributed by atoms with Crippen LogP contribution in [0.25, 0.3) is 0 Å². The van der Waals surface area contributed by atoms with Crippen molar-refractivity contribution in [3.63, 3.8) is 0 Å². The van der Waals surface area contributed by atoms with Gasteiger partial charge in [0.05, 0.1) is 13.3 Å². The molecule has 2 aromatic carbocycles. The summed E-state index contributed by atoms with van der Waals surface area (Å²) >= 11 is 5.09. The number of para-hydroxylation sites is 1. The number of ether oxygens (including phenoxy) is 2. The van der Waals surface area contributed by atoms with Crippen LogP contribution in [0.4, 0.5) is 0 Å². The zero-order chi connectivity index (χ0) is 18.1. The van der Waals surface area contributed by atoms with E-state index in [0.29, 0.717) is 23.2 Å². The highest BCUT2D eigenvalue weighted by atomic mass is 32.1. The highest BCUT2D eigenvalue weighted by molar-refractivity contribution is 7.80. The van der Waals surface area contributed by atoms with Gasteiger partial charge in [0.15, 0.2) is 16.6 Å². The van der Waals surface area contributed by atoms with E-state index in [9.17, 15) is 0 Å². The Morgan fingerprint density at radius 3 is 2.76 bits per heavy atom. The molecule has 0 amide bonds. The standard InChI is InChI=1S/C19H23N3O2S/c1-4-20-19(25)22-21-12-16-9-6-10-17(23-3)18(16)24-13-15-8-5-7-14(2)11-15/h5-12H,4,13H2,1-3H3,(H2,20,22,25). The number of methoxy groups -OCH3 is 1. The zero-order valence-corrected chi connectivity index (χ0v) is 15.5. The van der Waals surface area contributed by atoms with E-state index >= 15 is 0 Å². The van der Waals surface area contributed by atoms with Crippen molar-refractivity contribution in [2.24, 2.45) is 5.10 Å². The Bertz CT molecular complexity index is 747. The molecule has 0 aromatic heterocycles. The fraction of sp³-hybridized carbons (Fsp3) is 0.263. The molecule has 2 aromatic rings. The van der Waals surface area contributed by atoms with Gasteiger partial charge in [-0.25, -0.2) is 0 Å². The number of rotatable bonds is 7. The number of nitrogens with zero attached hydrogens (tertiary/aromatic N) is 1. The van der Waals surface area contributed by atoms with Crippen LogP contribution in [0.15, 0.2) is 47.6 Å². The van der Waals surface area contributed by atoms with Crippen LogP contribution in [-0.4, -0.2) is 25.0 Å². The van der Waals surface area contributed by atoms with Gasteiger partial charge in [-0.05, 0) is 43.8 Å². The molecule has 2 N–H and O–H groups in total. The van der Waals surface area contributed by atoms with Crippen LogP contribution in [0.3, 0.4) is 0 Å². The summed E-state index contributed by atoms with van der Waals surface area (Å²) in [5.74, 6) is 1.30. The van der Waals surface area contributed by atoms with Crippen molar-refractivity contribution in [3.05, 3.63) is 59.2 Å². The predicted molar refractivity (Wildman–Crippen MR) is 106 cm³/mol. The molecule has 0 unspecified atom stereocenters. The van der Waals surface area contributed by atoms with Gasteiger partial charge in [-0.1, -0.05) is 35.9 Å². The molecule has 0 aliphatic heterocycles. The summed E-state index contributed by atoms with van der Waals surface area (Å²) in [4.78, 5) is 0. The summed E-state index contributed by atoms with van der Waals surface area (Å²) in [6, 6.07) is 13.9. The molecule has 132 valence electrons. The second kappa shape index (κ2) is 9.64. The van der Waals surface area contributed by atoms with Gasteiger partial charge in [0.25, 0.3) is 0 Å². The average molecular weight is 357 g/mol. The zero-order valence-electron chi connectivity index (χ0n) is 14.7. The third-order valence-corrected chi connectivity index (χ3v) is 3.64. The molecule has 6 heteroatoms. The normalized spacial score (nSPS) is 10.5. The van der Waals surface area contributed by atoms with Gasteiger partial charge in [0.2, 0.25) is 0 Å². The van der Waals surface area contributed by atoms with E-state index in [4.69, 9.17) is 21.7 Å². The van der Waals surface area contributed by atoms with Crippen LogP contribution in [-0.2, 0) is 6.61 Å². The third-order valence-electron chi connectivity index (χ3n) is 3.40. The summed E-state index contributed by atoms with van der Waals surface area (Å²) in [6.07, 6.45) is 1.66. The Kier molecular flexibility index (Phi) is 7.22. The van der Waals surface area contributed by atoms with Crippen molar-refractivity contribution in [2.75, 3.05) is 13.7 Å². The molecule has 0 radical (unpaired) electrons. The largest absolute Gasteiger partial charge is 0.493 e. The van der Waals surface area contributed by atoms with Crippen molar-refractivity contribution in [1.29, 1.82) is 0 Å². The van der Waals surface area contributed by atoms with Crippen LogP contribution in [0, 0.1) is 6.92 Å². The molecule has 0 bridgehead atoms. The molecule has 0 saturated carbocycles. The van der Waals surface area contributed by atoms with Crippen molar-refractivity contribution >= 4 is 23.5 Å². The first-order valence-corrected chi connectivity index (χ1v) is 8.47. The summed E-state index contributed by atoms with van der Waals surface area (Å²) in [7, 11) is 1.62. The summed E-state index contributed by atoms with van der Waals surface area (Å²) < 4.78 is 11.4. The van der Waals surface area contributed by atoms with Gasteiger partial charge in [-0.2, -0.15) is 5.10 Å². The van der Waals surface area contributed by atoms with Crippen molar-refractivity contribution in [3.8, 4) is 11.5 Å². The molecule has 5 nitrogen and oxygen atoms in total. The minimum atomic E-state index is 0.451. The Morgan fingerprint density at radius 1 is 1.24 bits per heavy atom. The number of hydrazone groups is 1. The van der Waals surface area contributed by atoms with E-state index in [0.717, 1.165) is 17.7 Å². The molecule has 2 rings (SSSR count). The lowest BCUT2D eigenvalue weighted by Gasteiger charge is -2.13. The Balaban J connectivity index is 2.14. The number of hydrogen-bond acceptors (Lipinski definition) is 4. The third kappa shape index (κ3) is 5.76. The molecule has 0 aliphatic rings. The minimum Gasteiger partial charge on any atom is -0.493 e. The second-order valence-corrected chi connectivity index (χ2v) is 5.79. The lowest BCUT2D eigenvalue weighted by Crippen LogP contribution is -2.31. The maximum Gasteiger partial charge on any atom is 0.186 e. The summed E-state index contributed by atoms with van der Waals surface area (Å²) in [5.41, 5.74) is 5.87. The van der Waals surface area contributed by atoms with Crippen LogP contribution in [0.5, 0.6) is 11.5 Å². The summed E-state index contributed by atoms with van der Waals surface area (Å²) in [5, 5.41) is 7.60. The van der Waals surface area contributed by atoms with E-state index in [2.05, 4.69) is 34.9 Å². The Labute approximate surface area is 154 Å². The molecular formula is C19H23N3O2S. The highest BCUT2D eigenvalue weighted by Gasteiger charge is 2.09. The molecule has 0 fully saturated rings. The van der Waals surface area contributed by atoms with Gasteiger partial charge in [-0.15, -0.1) is 0 Å². The molecule has 25 heavy (non-hydrogen) atoms. The predicted octanol–water partition coefficient (Wildman–Crippen LogP) is 3.40. The van der Waals surface area contributed by atoms with Crippen molar-refractivity contribution < 1.29 is 9.47 Å². The van der Waals surface area contributed by atoms with Crippen LogP contribution >= 0.6 is 12.2 Å². The first-order valence-electron chi connectivity index (χ1n) is 8.06. The number of benzene rings is 2. The topological polar surface area (TPSA) is 54.9 Å². The maximum absolute atomic E-state index is 6.01. The van der Waals surface area contributed by atoms with Crippen LogP contribution in [0.2, 0.25) is 0 Å². The van der Waals surface area contributed by atoms with Gasteiger partial charge in [0, 0.05) is 12.1 Å². The average Bonchev–Trinajstić information content (AvgIpc) is 2.60. The summed E-state index contributed by atoms with van der Waals surface area (Å²) in [6.45, 7) is 5.22. The molecule has 0 heterocycles. The molecular weight excluding hydrogens is 334 g/mol. The van der Waals surface area contributed by atoms with E-state index in [-0.39, 0.29) is 0 Å². The quantitative estimate of drug-likeness (QED) is 0.452. The van der Waals surface area contributed by atoms with Crippen molar-refractivity contribution in [1.82, 2.24) is 10.7 Å². The Morgan fingerprint density at radius 2 is 2.04 bits per heavy atom. The first-order chi connectivity index (χ1) is 12.1. The van der Waals surface area contributed by atoms with E-state index in [1.54, 1.807) is 13.3 Å². The van der Waals surface area contributed by atoms with Gasteiger partial charge >= 0.3 is 0 Å². The number of aryl methyl sites for hydroxylation is 1. The molecule has 0 saturated heterocycles. The van der Waals surface area contributed by atoms with Crippen LogP contribution in [0.1, 0.15) is 23.6 Å². The lowest BCUT2D eigenvalue weighted by atomic mass is 10.1. The fourth-order valence-electron chi connectivity index (χ4n) is 2.27. The second-order valence-electron chi connectivity index (χ2n) is 5.39. The maximum atomic E-state index is 6.01.